The quantitative estimate of drug-likeness (QED) is 0.663. The molecule has 0 spiro atoms. The monoisotopic (exact) mass is 311 g/mol. The van der Waals surface area contributed by atoms with Crippen LogP contribution in [0.15, 0.2) is 35.1 Å². The van der Waals surface area contributed by atoms with E-state index in [0.717, 1.165) is 43.2 Å². The van der Waals surface area contributed by atoms with Crippen molar-refractivity contribution >= 4 is 22.4 Å². The van der Waals surface area contributed by atoms with Gasteiger partial charge in [0.15, 0.2) is 5.82 Å². The first-order valence-electron chi connectivity index (χ1n) is 7.52. The van der Waals surface area contributed by atoms with Gasteiger partial charge >= 0.3 is 0 Å². The molecule has 0 amide bonds. The maximum atomic E-state index is 12.2. The van der Waals surface area contributed by atoms with Gasteiger partial charge in [-0.15, -0.1) is 0 Å². The van der Waals surface area contributed by atoms with Crippen LogP contribution in [-0.4, -0.2) is 41.5 Å². The molecule has 0 aliphatic carbocycles. The Balaban J connectivity index is 1.69. The molecule has 7 nitrogen and oxygen atoms in total. The second-order valence-electron chi connectivity index (χ2n) is 5.56. The minimum absolute atomic E-state index is 0.218. The summed E-state index contributed by atoms with van der Waals surface area (Å²) in [4.78, 5) is 17.3. The second kappa shape index (κ2) is 5.44. The summed E-state index contributed by atoms with van der Waals surface area (Å²) >= 11 is 0. The number of fused-ring (bicyclic) bond motifs is 1. The van der Waals surface area contributed by atoms with Crippen molar-refractivity contribution in [3.63, 3.8) is 0 Å². The molecule has 3 heterocycles. The maximum absolute atomic E-state index is 12.2. The van der Waals surface area contributed by atoms with Gasteiger partial charge in [0, 0.05) is 18.8 Å². The topological polar surface area (TPSA) is 100 Å². The number of nitrogen functional groups attached to an aromatic ring is 1. The molecular formula is C16H17N5O2. The summed E-state index contributed by atoms with van der Waals surface area (Å²) in [6, 6.07) is 9.97. The number of nitrogens with one attached hydrogen (secondary N) is 2. The third-order valence-electron chi connectivity index (χ3n) is 4.14. The van der Waals surface area contributed by atoms with E-state index in [1.165, 1.54) is 0 Å². The van der Waals surface area contributed by atoms with Crippen LogP contribution in [0, 0.1) is 0 Å². The summed E-state index contributed by atoms with van der Waals surface area (Å²) < 4.78 is 5.37. The Bertz CT molecular complexity index is 891. The van der Waals surface area contributed by atoms with E-state index in [9.17, 15) is 4.79 Å². The minimum Gasteiger partial charge on any atom is -0.382 e. The van der Waals surface area contributed by atoms with Crippen LogP contribution in [0.1, 0.15) is 0 Å². The van der Waals surface area contributed by atoms with Gasteiger partial charge in [-0.2, -0.15) is 5.10 Å². The van der Waals surface area contributed by atoms with Crippen LogP contribution in [0.3, 0.4) is 0 Å². The number of nitrogens with zero attached hydrogens (tertiary/aromatic N) is 2. The lowest BCUT2D eigenvalue weighted by atomic mass is 10.1. The molecule has 3 aromatic rings. The van der Waals surface area contributed by atoms with Gasteiger partial charge in [-0.1, -0.05) is 12.1 Å². The Morgan fingerprint density at radius 3 is 2.65 bits per heavy atom. The summed E-state index contributed by atoms with van der Waals surface area (Å²) in [6.07, 6.45) is 0. The molecule has 1 aromatic carbocycles. The number of anilines is 2. The van der Waals surface area contributed by atoms with E-state index in [0.29, 0.717) is 10.9 Å². The Morgan fingerprint density at radius 1 is 1.17 bits per heavy atom. The Kier molecular flexibility index (Phi) is 3.27. The molecule has 1 aliphatic heterocycles. The number of hydrogen-bond donors (Lipinski definition) is 3. The fourth-order valence-electron chi connectivity index (χ4n) is 2.91. The van der Waals surface area contributed by atoms with Crippen LogP contribution in [0.4, 0.5) is 11.5 Å². The molecule has 7 heteroatoms. The van der Waals surface area contributed by atoms with E-state index in [4.69, 9.17) is 10.5 Å². The summed E-state index contributed by atoms with van der Waals surface area (Å²) in [5, 5.41) is 7.07. The first-order valence-corrected chi connectivity index (χ1v) is 7.52. The van der Waals surface area contributed by atoms with Crippen molar-refractivity contribution in [3.8, 4) is 11.3 Å². The highest BCUT2D eigenvalue weighted by atomic mass is 16.5. The van der Waals surface area contributed by atoms with Crippen LogP contribution in [0.25, 0.3) is 22.2 Å². The Labute approximate surface area is 132 Å². The van der Waals surface area contributed by atoms with E-state index in [-0.39, 0.29) is 11.4 Å². The molecule has 1 aliphatic rings. The molecule has 1 fully saturated rings. The highest BCUT2D eigenvalue weighted by Crippen LogP contribution is 2.24. The molecule has 0 atom stereocenters. The molecule has 23 heavy (non-hydrogen) atoms. The summed E-state index contributed by atoms with van der Waals surface area (Å²) in [6.45, 7) is 3.31. The van der Waals surface area contributed by atoms with Gasteiger partial charge in [0.2, 0.25) is 0 Å². The van der Waals surface area contributed by atoms with Crippen LogP contribution < -0.4 is 16.2 Å². The molecule has 4 N–H and O–H groups in total. The lowest BCUT2D eigenvalue weighted by Gasteiger charge is -2.28. The van der Waals surface area contributed by atoms with E-state index >= 15 is 0 Å². The molecule has 0 bridgehead atoms. The number of benzene rings is 1. The molecule has 118 valence electrons. The number of nitrogens with two attached hydrogens (primary N) is 1. The first kappa shape index (κ1) is 13.8. The minimum atomic E-state index is -0.235. The Morgan fingerprint density at radius 2 is 1.91 bits per heavy atom. The van der Waals surface area contributed by atoms with Crippen LogP contribution >= 0.6 is 0 Å². The normalized spacial score (nSPS) is 15.2. The highest BCUT2D eigenvalue weighted by Gasteiger charge is 2.12. The lowest BCUT2D eigenvalue weighted by Crippen LogP contribution is -2.36. The largest absolute Gasteiger partial charge is 0.382 e. The van der Waals surface area contributed by atoms with Gasteiger partial charge in [-0.3, -0.25) is 9.89 Å². The molecular weight excluding hydrogens is 294 g/mol. The van der Waals surface area contributed by atoms with Crippen molar-refractivity contribution in [3.05, 3.63) is 40.7 Å². The molecule has 1 saturated heterocycles. The molecule has 0 saturated carbocycles. The van der Waals surface area contributed by atoms with E-state index in [1.54, 1.807) is 0 Å². The number of morpholine rings is 1. The van der Waals surface area contributed by atoms with Crippen molar-refractivity contribution in [2.24, 2.45) is 0 Å². The number of ether oxygens (including phenoxy) is 1. The molecule has 0 unspecified atom stereocenters. The zero-order chi connectivity index (χ0) is 15.8. The number of aromatic nitrogens is 3. The number of rotatable bonds is 2. The van der Waals surface area contributed by atoms with Gasteiger partial charge in [-0.05, 0) is 23.8 Å². The van der Waals surface area contributed by atoms with Crippen LogP contribution in [0.5, 0.6) is 0 Å². The van der Waals surface area contributed by atoms with Gasteiger partial charge in [0.25, 0.3) is 5.56 Å². The lowest BCUT2D eigenvalue weighted by molar-refractivity contribution is 0.122. The zero-order valence-corrected chi connectivity index (χ0v) is 12.5. The molecule has 0 radical (unpaired) electrons. The predicted molar refractivity (Wildman–Crippen MR) is 89.6 cm³/mol. The fourth-order valence-corrected chi connectivity index (χ4v) is 2.91. The van der Waals surface area contributed by atoms with Crippen molar-refractivity contribution in [1.29, 1.82) is 0 Å². The molecule has 4 rings (SSSR count). The third kappa shape index (κ3) is 2.44. The second-order valence-corrected chi connectivity index (χ2v) is 5.56. The van der Waals surface area contributed by atoms with Crippen molar-refractivity contribution in [1.82, 2.24) is 15.2 Å². The van der Waals surface area contributed by atoms with Crippen molar-refractivity contribution in [2.75, 3.05) is 36.9 Å². The van der Waals surface area contributed by atoms with Crippen molar-refractivity contribution in [2.45, 2.75) is 0 Å². The standard InChI is InChI=1S/C16H17N5O2/c17-15-14-13(19-20-15)9-12(18-16(14)22)10-1-3-11(4-2-10)21-5-7-23-8-6-21/h1-4,9H,5-8H2,(H,18,22)(H3,17,19,20). The van der Waals surface area contributed by atoms with E-state index < -0.39 is 0 Å². The average molecular weight is 311 g/mol. The smallest absolute Gasteiger partial charge is 0.261 e. The number of H-pyrrole nitrogens is 2. The van der Waals surface area contributed by atoms with Crippen LogP contribution in [0.2, 0.25) is 0 Å². The third-order valence-corrected chi connectivity index (χ3v) is 4.14. The number of pyridine rings is 1. The fraction of sp³-hybridized carbons (Fsp3) is 0.250. The van der Waals surface area contributed by atoms with E-state index in [2.05, 4.69) is 32.2 Å². The Hall–Kier alpha value is -2.80. The predicted octanol–water partition coefficient (Wildman–Crippen LogP) is 1.34. The maximum Gasteiger partial charge on any atom is 0.261 e. The van der Waals surface area contributed by atoms with Gasteiger partial charge < -0.3 is 20.4 Å². The van der Waals surface area contributed by atoms with Gasteiger partial charge in [-0.25, -0.2) is 0 Å². The zero-order valence-electron chi connectivity index (χ0n) is 12.5. The van der Waals surface area contributed by atoms with Gasteiger partial charge in [0.05, 0.1) is 24.4 Å². The van der Waals surface area contributed by atoms with E-state index in [1.807, 2.05) is 18.2 Å². The molecule has 2 aromatic heterocycles. The van der Waals surface area contributed by atoms with Gasteiger partial charge in [0.1, 0.15) is 5.39 Å². The first-order chi connectivity index (χ1) is 11.2. The summed E-state index contributed by atoms with van der Waals surface area (Å²) in [5.41, 5.74) is 8.93. The van der Waals surface area contributed by atoms with Crippen LogP contribution in [-0.2, 0) is 4.74 Å². The summed E-state index contributed by atoms with van der Waals surface area (Å²) in [7, 11) is 0. The number of hydrogen-bond acceptors (Lipinski definition) is 5. The highest BCUT2D eigenvalue weighted by molar-refractivity contribution is 5.89. The number of aromatic amines is 2. The summed E-state index contributed by atoms with van der Waals surface area (Å²) in [5.74, 6) is 0.218. The average Bonchev–Trinajstić information content (AvgIpc) is 2.97. The SMILES string of the molecule is Nc1n[nH]c2cc(-c3ccc(N4CCOCC4)cc3)[nH]c(=O)c12. The van der Waals surface area contributed by atoms with Crippen molar-refractivity contribution < 1.29 is 4.74 Å².